The lowest BCUT2D eigenvalue weighted by atomic mass is 10.1. The van der Waals surface area contributed by atoms with Crippen molar-refractivity contribution in [3.63, 3.8) is 0 Å². The monoisotopic (exact) mass is 394 g/mol. The molecule has 1 atom stereocenters. The number of anilines is 2. The van der Waals surface area contributed by atoms with Gasteiger partial charge in [-0.1, -0.05) is 22.8 Å². The molecule has 1 amide bonds. The van der Waals surface area contributed by atoms with Gasteiger partial charge in [0.05, 0.1) is 24.3 Å². The Morgan fingerprint density at radius 1 is 1.10 bits per heavy atom. The lowest BCUT2D eigenvalue weighted by molar-refractivity contribution is -0.115. The molecule has 8 nitrogen and oxygen atoms in total. The van der Waals surface area contributed by atoms with Crippen LogP contribution in [-0.4, -0.2) is 28.9 Å². The quantitative estimate of drug-likeness (QED) is 0.653. The molecule has 0 saturated heterocycles. The van der Waals surface area contributed by atoms with Crippen LogP contribution in [0, 0.1) is 0 Å². The van der Waals surface area contributed by atoms with Crippen LogP contribution >= 0.6 is 0 Å². The number of nitrogens with one attached hydrogen (secondary N) is 2. The molecule has 2 N–H and O–H groups in total. The second kappa shape index (κ2) is 6.16. The van der Waals surface area contributed by atoms with Crippen LogP contribution in [0.3, 0.4) is 0 Å². The van der Waals surface area contributed by atoms with Crippen LogP contribution in [0.25, 0.3) is 10.9 Å². The van der Waals surface area contributed by atoms with E-state index in [4.69, 9.17) is 5.10 Å². The molecule has 0 spiro atoms. The fourth-order valence-electron chi connectivity index (χ4n) is 3.89. The van der Waals surface area contributed by atoms with E-state index in [9.17, 15) is 4.79 Å². The van der Waals surface area contributed by atoms with E-state index < -0.39 is 0 Å². The van der Waals surface area contributed by atoms with Gasteiger partial charge in [-0.25, -0.2) is 4.98 Å². The molecule has 1 unspecified atom stereocenters. The number of carbonyl (C=O) groups is 1. The number of carbonyl (C=O) groups excluding carboxylic acids is 1. The smallest absolute Gasteiger partial charge is 0.287 e. The van der Waals surface area contributed by atoms with Crippen molar-refractivity contribution in [3.05, 3.63) is 72.7 Å². The third kappa shape index (κ3) is 2.55. The zero-order valence-corrected chi connectivity index (χ0v) is 15.8. The van der Waals surface area contributed by atoms with E-state index in [1.54, 1.807) is 12.4 Å². The maximum absolute atomic E-state index is 11.6. The molecule has 8 heteroatoms. The molecule has 30 heavy (non-hydrogen) atoms. The van der Waals surface area contributed by atoms with Crippen LogP contribution in [0.5, 0.6) is 0 Å². The fourth-order valence-corrected chi connectivity index (χ4v) is 3.89. The van der Waals surface area contributed by atoms with Crippen molar-refractivity contribution < 1.29 is 4.79 Å². The van der Waals surface area contributed by atoms with Crippen LogP contribution in [0.1, 0.15) is 5.56 Å². The molecule has 144 valence electrons. The fraction of sp³-hybridized carbons (Fsp3) is 0.0455. The molecule has 3 aliphatic rings. The number of nitrogens with zero attached hydrogens (tertiary/aromatic N) is 5. The molecule has 0 aliphatic carbocycles. The first-order valence-corrected chi connectivity index (χ1v) is 9.54. The van der Waals surface area contributed by atoms with E-state index in [2.05, 4.69) is 31.7 Å². The number of amides is 1. The van der Waals surface area contributed by atoms with Crippen molar-refractivity contribution in [1.29, 1.82) is 0 Å². The summed E-state index contributed by atoms with van der Waals surface area (Å²) in [4.78, 5) is 25.1. The van der Waals surface area contributed by atoms with Gasteiger partial charge >= 0.3 is 0 Å². The van der Waals surface area contributed by atoms with E-state index in [1.165, 1.54) is 0 Å². The summed E-state index contributed by atoms with van der Waals surface area (Å²) in [6, 6.07) is 15.8. The number of hydrogen-bond acceptors (Lipinski definition) is 6. The van der Waals surface area contributed by atoms with Crippen LogP contribution in [0.4, 0.5) is 17.1 Å². The van der Waals surface area contributed by atoms with Gasteiger partial charge in [0.1, 0.15) is 6.21 Å². The number of guanidine groups is 1. The number of benzene rings is 2. The van der Waals surface area contributed by atoms with E-state index in [0.29, 0.717) is 18.2 Å². The van der Waals surface area contributed by atoms with Crippen molar-refractivity contribution in [2.24, 2.45) is 15.1 Å². The first-order valence-electron chi connectivity index (χ1n) is 9.54. The van der Waals surface area contributed by atoms with Gasteiger partial charge in [-0.2, -0.15) is 4.99 Å². The molecular formula is C22H16N7O+. The lowest BCUT2D eigenvalue weighted by Gasteiger charge is -2.23. The number of fused-ring (bicyclic) bond motifs is 3. The molecule has 3 aromatic rings. The second-order valence-corrected chi connectivity index (χ2v) is 7.26. The van der Waals surface area contributed by atoms with Gasteiger partial charge in [-0.3, -0.25) is 9.79 Å². The largest absolute Gasteiger partial charge is 0.326 e. The summed E-state index contributed by atoms with van der Waals surface area (Å²) in [6.07, 6.45) is 7.50. The maximum atomic E-state index is 11.6. The Hall–Kier alpha value is -4.17. The Labute approximate surface area is 171 Å². The molecule has 2 aromatic carbocycles. The number of hydrogen-bond donors (Lipinski definition) is 2. The summed E-state index contributed by atoms with van der Waals surface area (Å²) in [7, 11) is 0. The summed E-state index contributed by atoms with van der Waals surface area (Å²) in [5.41, 5.74) is 4.43. The predicted molar refractivity (Wildman–Crippen MR) is 118 cm³/mol. The zero-order valence-electron chi connectivity index (χ0n) is 15.8. The number of rotatable bonds is 2. The Bertz CT molecular complexity index is 1350. The normalized spacial score (nSPS) is 21.1. The van der Waals surface area contributed by atoms with Gasteiger partial charge in [0.2, 0.25) is 5.91 Å². The van der Waals surface area contributed by atoms with E-state index >= 15 is 0 Å². The molecule has 0 radical (unpaired) electrons. The van der Waals surface area contributed by atoms with Gasteiger partial charge in [0.25, 0.3) is 11.8 Å². The highest BCUT2D eigenvalue weighted by molar-refractivity contribution is 6.38. The third-order valence-electron chi connectivity index (χ3n) is 5.34. The summed E-state index contributed by atoms with van der Waals surface area (Å²) < 4.78 is 0.0641. The zero-order chi connectivity index (χ0) is 20.1. The van der Waals surface area contributed by atoms with Gasteiger partial charge in [-0.15, -0.1) is 0 Å². The minimum absolute atomic E-state index is 0.00684. The van der Waals surface area contributed by atoms with Gasteiger partial charge in [0, 0.05) is 22.8 Å². The third-order valence-corrected chi connectivity index (χ3v) is 5.34. The van der Waals surface area contributed by atoms with Crippen molar-refractivity contribution >= 4 is 51.9 Å². The molecular weight excluding hydrogens is 378 g/mol. The number of para-hydroxylation sites is 1. The van der Waals surface area contributed by atoms with Crippen molar-refractivity contribution in [3.8, 4) is 0 Å². The highest BCUT2D eigenvalue weighted by Gasteiger charge is 2.43. The van der Waals surface area contributed by atoms with Crippen LogP contribution in [0.15, 0.2) is 82.2 Å². The SMILES string of the molecule is O=C1Cc2cc(NC3=N[N+]4(c5cnc6ccccc6c5)C=CN=CC4=N3)ccc2N1. The van der Waals surface area contributed by atoms with Gasteiger partial charge < -0.3 is 10.6 Å². The summed E-state index contributed by atoms with van der Waals surface area (Å²) in [5, 5.41) is 12.0. The average Bonchev–Trinajstić information content (AvgIpc) is 3.32. The molecule has 1 aromatic heterocycles. The summed E-state index contributed by atoms with van der Waals surface area (Å²) >= 11 is 0. The number of quaternary nitrogens is 1. The van der Waals surface area contributed by atoms with Crippen molar-refractivity contribution in [1.82, 2.24) is 9.58 Å². The first-order chi connectivity index (χ1) is 14.7. The Morgan fingerprint density at radius 2 is 2.03 bits per heavy atom. The summed E-state index contributed by atoms with van der Waals surface area (Å²) in [5.74, 6) is 1.15. The Kier molecular flexibility index (Phi) is 3.44. The van der Waals surface area contributed by atoms with Gasteiger partial charge in [0.15, 0.2) is 11.9 Å². The molecule has 0 bridgehead atoms. The second-order valence-electron chi connectivity index (χ2n) is 7.26. The number of aliphatic imine (C=N–C) groups is 2. The molecule has 0 saturated carbocycles. The van der Waals surface area contributed by atoms with Crippen LogP contribution in [-0.2, 0) is 11.2 Å². The van der Waals surface area contributed by atoms with Crippen molar-refractivity contribution in [2.75, 3.05) is 10.6 Å². The highest BCUT2D eigenvalue weighted by Crippen LogP contribution is 2.33. The number of pyridine rings is 1. The van der Waals surface area contributed by atoms with Crippen LogP contribution < -0.4 is 15.2 Å². The van der Waals surface area contributed by atoms with E-state index in [1.807, 2.05) is 54.9 Å². The minimum atomic E-state index is 0.00684. The van der Waals surface area contributed by atoms with E-state index in [-0.39, 0.29) is 10.5 Å². The molecule has 0 fully saturated rings. The summed E-state index contributed by atoms with van der Waals surface area (Å²) in [6.45, 7) is 0. The number of aromatic nitrogens is 1. The topological polar surface area (TPSA) is 91.1 Å². The predicted octanol–water partition coefficient (Wildman–Crippen LogP) is 3.39. The van der Waals surface area contributed by atoms with Crippen molar-refractivity contribution in [2.45, 2.75) is 6.42 Å². The highest BCUT2D eigenvalue weighted by atomic mass is 16.1. The van der Waals surface area contributed by atoms with Crippen LogP contribution in [0.2, 0.25) is 0 Å². The molecule has 6 rings (SSSR count). The maximum Gasteiger partial charge on any atom is 0.287 e. The minimum Gasteiger partial charge on any atom is -0.326 e. The Morgan fingerprint density at radius 3 is 3.00 bits per heavy atom. The van der Waals surface area contributed by atoms with E-state index in [0.717, 1.165) is 33.5 Å². The lowest BCUT2D eigenvalue weighted by Crippen LogP contribution is -2.44. The molecule has 4 heterocycles. The Balaban J connectivity index is 1.39. The number of amidine groups is 1. The standard InChI is InChI=1S/C22H15N7O/c30-21-11-15-9-16(5-6-19(15)26-21)25-22-27-20-13-23-7-8-29(20,28-22)17-10-14-3-1-2-4-18(14)24-12-17/h1-10,12-13H,11H2,(H-,23,25,26,27,28,30)/p+1. The van der Waals surface area contributed by atoms with Gasteiger partial charge in [-0.05, 0) is 34.9 Å². The average molecular weight is 394 g/mol. The molecule has 3 aliphatic heterocycles. The first kappa shape index (κ1) is 16.8.